The van der Waals surface area contributed by atoms with Gasteiger partial charge < -0.3 is 9.47 Å². The molecule has 0 fully saturated rings. The molecule has 2 rings (SSSR count). The van der Waals surface area contributed by atoms with Gasteiger partial charge in [0.2, 0.25) is 0 Å². The Balaban J connectivity index is 2.14. The molecule has 0 N–H and O–H groups in total. The van der Waals surface area contributed by atoms with Gasteiger partial charge in [-0.3, -0.25) is 4.98 Å². The number of pyridine rings is 1. The first-order chi connectivity index (χ1) is 8.70. The van der Waals surface area contributed by atoms with E-state index in [9.17, 15) is 4.79 Å². The second-order valence-electron chi connectivity index (χ2n) is 3.42. The van der Waals surface area contributed by atoms with Gasteiger partial charge in [0.15, 0.2) is 5.75 Å². The summed E-state index contributed by atoms with van der Waals surface area (Å²) in [6.45, 7) is 0. The molecule has 4 nitrogen and oxygen atoms in total. The minimum absolute atomic E-state index is 0.285. The number of carbonyl (C=O) groups excluding carboxylic acids is 1. The molecule has 0 atom stereocenters. The Morgan fingerprint density at radius 2 is 1.94 bits per heavy atom. The van der Waals surface area contributed by atoms with Gasteiger partial charge >= 0.3 is 5.97 Å². The van der Waals surface area contributed by atoms with Gasteiger partial charge in [-0.05, 0) is 24.3 Å². The van der Waals surface area contributed by atoms with Crippen molar-refractivity contribution in [1.29, 1.82) is 0 Å². The van der Waals surface area contributed by atoms with Crippen LogP contribution in [0.3, 0.4) is 0 Å². The molecule has 2 aromatic rings. The number of halogens is 1. The first-order valence-electron chi connectivity index (χ1n) is 5.16. The summed E-state index contributed by atoms with van der Waals surface area (Å²) in [4.78, 5) is 15.6. The summed E-state index contributed by atoms with van der Waals surface area (Å²) in [5.74, 6) is 0.478. The van der Waals surface area contributed by atoms with Crippen molar-refractivity contribution in [2.24, 2.45) is 0 Å². The Bertz CT molecular complexity index is 554. The molecule has 0 saturated heterocycles. The largest absolute Gasteiger partial charge is 0.497 e. The highest BCUT2D eigenvalue weighted by atomic mass is 35.5. The monoisotopic (exact) mass is 263 g/mol. The van der Waals surface area contributed by atoms with Gasteiger partial charge in [-0.1, -0.05) is 11.6 Å². The van der Waals surface area contributed by atoms with Crippen LogP contribution in [0.25, 0.3) is 0 Å². The van der Waals surface area contributed by atoms with E-state index in [4.69, 9.17) is 21.1 Å². The van der Waals surface area contributed by atoms with Crippen LogP contribution in [0.2, 0.25) is 5.02 Å². The molecule has 0 aliphatic rings. The summed E-state index contributed by atoms with van der Waals surface area (Å²) in [5, 5.41) is 0.291. The average molecular weight is 264 g/mol. The molecule has 0 unspecified atom stereocenters. The molecule has 18 heavy (non-hydrogen) atoms. The Morgan fingerprint density at radius 3 is 2.56 bits per heavy atom. The van der Waals surface area contributed by atoms with E-state index in [1.807, 2.05) is 0 Å². The summed E-state index contributed by atoms with van der Waals surface area (Å²) < 4.78 is 10.2. The molecule has 1 heterocycles. The first kappa shape index (κ1) is 12.4. The third-order valence-corrected chi connectivity index (χ3v) is 2.55. The predicted molar refractivity (Wildman–Crippen MR) is 67.2 cm³/mol. The summed E-state index contributed by atoms with van der Waals surface area (Å²) in [6.07, 6.45) is 2.92. The summed E-state index contributed by atoms with van der Waals surface area (Å²) >= 11 is 5.84. The molecule has 1 aromatic carbocycles. The molecule has 0 bridgehead atoms. The average Bonchev–Trinajstić information content (AvgIpc) is 2.41. The van der Waals surface area contributed by atoms with E-state index in [-0.39, 0.29) is 5.75 Å². The smallest absolute Gasteiger partial charge is 0.343 e. The molecule has 1 aromatic heterocycles. The van der Waals surface area contributed by atoms with Crippen LogP contribution in [-0.4, -0.2) is 18.1 Å². The van der Waals surface area contributed by atoms with E-state index in [1.165, 1.54) is 18.5 Å². The van der Waals surface area contributed by atoms with Gasteiger partial charge in [0.25, 0.3) is 0 Å². The van der Waals surface area contributed by atoms with Crippen molar-refractivity contribution >= 4 is 17.6 Å². The van der Waals surface area contributed by atoms with E-state index in [0.717, 1.165) is 0 Å². The predicted octanol–water partition coefficient (Wildman–Crippen LogP) is 2.96. The van der Waals surface area contributed by atoms with Crippen LogP contribution in [0.5, 0.6) is 11.5 Å². The number of ether oxygens (including phenoxy) is 2. The van der Waals surface area contributed by atoms with E-state index < -0.39 is 5.97 Å². The van der Waals surface area contributed by atoms with E-state index >= 15 is 0 Å². The molecule has 5 heteroatoms. The number of nitrogens with zero attached hydrogens (tertiary/aromatic N) is 1. The fourth-order valence-corrected chi connectivity index (χ4v) is 1.49. The fourth-order valence-electron chi connectivity index (χ4n) is 1.33. The number of hydrogen-bond donors (Lipinski definition) is 0. The van der Waals surface area contributed by atoms with E-state index in [0.29, 0.717) is 16.3 Å². The highest BCUT2D eigenvalue weighted by Gasteiger charge is 2.10. The summed E-state index contributed by atoms with van der Waals surface area (Å²) in [5.41, 5.74) is 0.420. The number of esters is 1. The number of methoxy groups -OCH3 is 1. The molecule has 0 amide bonds. The van der Waals surface area contributed by atoms with Crippen LogP contribution in [-0.2, 0) is 0 Å². The quantitative estimate of drug-likeness (QED) is 0.799. The van der Waals surface area contributed by atoms with Gasteiger partial charge in [0, 0.05) is 18.5 Å². The number of aromatic nitrogens is 1. The zero-order chi connectivity index (χ0) is 13.0. The number of hydrogen-bond acceptors (Lipinski definition) is 4. The van der Waals surface area contributed by atoms with E-state index in [2.05, 4.69) is 4.98 Å². The van der Waals surface area contributed by atoms with Gasteiger partial charge in [-0.2, -0.15) is 0 Å². The Labute approximate surface area is 109 Å². The fraction of sp³-hybridized carbons (Fsp3) is 0.0769. The minimum Gasteiger partial charge on any atom is -0.497 e. The highest BCUT2D eigenvalue weighted by molar-refractivity contribution is 6.32. The molecule has 92 valence electrons. The lowest BCUT2D eigenvalue weighted by molar-refractivity contribution is 0.0734. The van der Waals surface area contributed by atoms with Crippen LogP contribution in [0.15, 0.2) is 42.7 Å². The van der Waals surface area contributed by atoms with Crippen molar-refractivity contribution in [1.82, 2.24) is 4.98 Å². The van der Waals surface area contributed by atoms with Crippen molar-refractivity contribution < 1.29 is 14.3 Å². The zero-order valence-electron chi connectivity index (χ0n) is 9.59. The lowest BCUT2D eigenvalue weighted by Crippen LogP contribution is -2.08. The molecule has 0 saturated carbocycles. The zero-order valence-corrected chi connectivity index (χ0v) is 10.3. The lowest BCUT2D eigenvalue weighted by atomic mass is 10.2. The number of benzene rings is 1. The van der Waals surface area contributed by atoms with Crippen LogP contribution < -0.4 is 9.47 Å². The van der Waals surface area contributed by atoms with Crippen molar-refractivity contribution in [3.05, 3.63) is 53.3 Å². The molecule has 0 spiro atoms. The maximum absolute atomic E-state index is 11.8. The minimum atomic E-state index is -0.481. The topological polar surface area (TPSA) is 48.4 Å². The van der Waals surface area contributed by atoms with Crippen molar-refractivity contribution in [2.45, 2.75) is 0 Å². The summed E-state index contributed by atoms with van der Waals surface area (Å²) in [7, 11) is 1.56. The first-order valence-corrected chi connectivity index (χ1v) is 5.54. The third-order valence-electron chi connectivity index (χ3n) is 2.26. The van der Waals surface area contributed by atoms with Crippen LogP contribution >= 0.6 is 11.6 Å². The van der Waals surface area contributed by atoms with Crippen molar-refractivity contribution in [2.75, 3.05) is 7.11 Å². The summed E-state index contributed by atoms with van der Waals surface area (Å²) in [6, 6.07) is 8.14. The molecular formula is C13H10ClNO3. The van der Waals surface area contributed by atoms with Gasteiger partial charge in [0.1, 0.15) is 10.8 Å². The lowest BCUT2D eigenvalue weighted by Gasteiger charge is -2.06. The van der Waals surface area contributed by atoms with Gasteiger partial charge in [-0.15, -0.1) is 0 Å². The third kappa shape index (κ3) is 2.78. The van der Waals surface area contributed by atoms with Crippen LogP contribution in [0.1, 0.15) is 10.4 Å². The maximum atomic E-state index is 11.8. The number of carbonyl (C=O) groups is 1. The van der Waals surface area contributed by atoms with Crippen LogP contribution in [0.4, 0.5) is 0 Å². The molecule has 0 radical (unpaired) electrons. The van der Waals surface area contributed by atoms with Gasteiger partial charge in [0.05, 0.1) is 12.7 Å². The Hall–Kier alpha value is -2.07. The van der Waals surface area contributed by atoms with Crippen molar-refractivity contribution in [3.63, 3.8) is 0 Å². The molecule has 0 aliphatic carbocycles. The van der Waals surface area contributed by atoms with Crippen LogP contribution in [0, 0.1) is 0 Å². The second kappa shape index (κ2) is 5.51. The maximum Gasteiger partial charge on any atom is 0.343 e. The van der Waals surface area contributed by atoms with E-state index in [1.54, 1.807) is 31.4 Å². The number of rotatable bonds is 3. The Morgan fingerprint density at radius 1 is 1.22 bits per heavy atom. The molecule has 0 aliphatic heterocycles. The highest BCUT2D eigenvalue weighted by Crippen LogP contribution is 2.23. The normalized spacial score (nSPS) is 9.89. The second-order valence-corrected chi connectivity index (χ2v) is 3.83. The standard InChI is InChI=1S/C13H10ClNO3/c1-17-10-4-2-9(3-5-10)13(16)18-12-6-7-15-8-11(12)14/h2-8H,1H3. The van der Waals surface area contributed by atoms with Gasteiger partial charge in [-0.25, -0.2) is 4.79 Å². The molecular weight excluding hydrogens is 254 g/mol. The van der Waals surface area contributed by atoms with Crippen molar-refractivity contribution in [3.8, 4) is 11.5 Å². The SMILES string of the molecule is COc1ccc(C(=O)Oc2ccncc2Cl)cc1. The Kier molecular flexibility index (Phi) is 3.79.